The van der Waals surface area contributed by atoms with E-state index in [-0.39, 0.29) is 12.6 Å². The highest BCUT2D eigenvalue weighted by molar-refractivity contribution is 6.17. The molecule has 0 aromatic rings. The Morgan fingerprint density at radius 3 is 2.57 bits per heavy atom. The minimum absolute atomic E-state index is 0.0616. The summed E-state index contributed by atoms with van der Waals surface area (Å²) in [4.78, 5) is 0. The number of hydrogen-bond acceptors (Lipinski definition) is 2. The summed E-state index contributed by atoms with van der Waals surface area (Å²) in [5, 5.41) is 2.99. The summed E-state index contributed by atoms with van der Waals surface area (Å²) in [6.45, 7) is 1.21. The van der Waals surface area contributed by atoms with E-state index in [4.69, 9.17) is 11.6 Å². The third-order valence-electron chi connectivity index (χ3n) is 1.55. The third-order valence-corrected chi connectivity index (χ3v) is 1.77. The molecule has 0 saturated carbocycles. The highest BCUT2D eigenvalue weighted by Gasteiger charge is 2.27. The van der Waals surface area contributed by atoms with Gasteiger partial charge in [0.2, 0.25) is 0 Å². The molecule has 1 unspecified atom stereocenters. The summed E-state index contributed by atoms with van der Waals surface area (Å²) in [5.74, 6) is 0.539. The van der Waals surface area contributed by atoms with Gasteiger partial charge in [-0.05, 0) is 13.3 Å². The Hall–Kier alpha value is -0.0000000000000000555. The smallest absolute Gasteiger partial charge is 0.371 e. The highest BCUT2D eigenvalue weighted by atomic mass is 35.5. The molecule has 0 aromatic heterocycles. The molecule has 0 amide bonds. The molecule has 0 aliphatic carbocycles. The van der Waals surface area contributed by atoms with Crippen LogP contribution in [0.4, 0.5) is 13.2 Å². The number of halogens is 4. The lowest BCUT2D eigenvalue weighted by molar-refractivity contribution is -0.173. The Kier molecular flexibility index (Phi) is 7.31. The van der Waals surface area contributed by atoms with E-state index in [0.717, 1.165) is 6.42 Å². The van der Waals surface area contributed by atoms with Crippen molar-refractivity contribution < 1.29 is 17.9 Å². The van der Waals surface area contributed by atoms with Crippen molar-refractivity contribution in [3.8, 4) is 0 Å². The lowest BCUT2D eigenvalue weighted by Crippen LogP contribution is -2.30. The topological polar surface area (TPSA) is 21.3 Å². The van der Waals surface area contributed by atoms with Crippen molar-refractivity contribution in [3.05, 3.63) is 0 Å². The normalized spacial score (nSPS) is 14.4. The molecule has 0 aromatic carbocycles. The predicted octanol–water partition coefficient (Wildman–Crippen LogP) is 2.17. The Bertz CT molecular complexity index is 143. The second-order valence-corrected chi connectivity index (χ2v) is 3.38. The number of alkyl halides is 4. The minimum Gasteiger partial charge on any atom is -0.371 e. The Labute approximate surface area is 86.8 Å². The van der Waals surface area contributed by atoms with E-state index in [1.54, 1.807) is 0 Å². The zero-order chi connectivity index (χ0) is 11.0. The first-order chi connectivity index (χ1) is 6.45. The van der Waals surface area contributed by atoms with Crippen LogP contribution in [0.5, 0.6) is 0 Å². The molecule has 14 heavy (non-hydrogen) atoms. The Morgan fingerprint density at radius 2 is 2.07 bits per heavy atom. The van der Waals surface area contributed by atoms with Crippen LogP contribution in [-0.2, 0) is 4.74 Å². The van der Waals surface area contributed by atoms with Crippen LogP contribution in [-0.4, -0.2) is 37.9 Å². The SMILES string of the molecule is CC(CCCl)NCCOCC(F)(F)F. The van der Waals surface area contributed by atoms with Gasteiger partial charge in [0.1, 0.15) is 6.61 Å². The van der Waals surface area contributed by atoms with Crippen LogP contribution in [0, 0.1) is 0 Å². The van der Waals surface area contributed by atoms with Crippen LogP contribution < -0.4 is 5.32 Å². The molecule has 6 heteroatoms. The largest absolute Gasteiger partial charge is 0.411 e. The molecule has 0 fully saturated rings. The van der Waals surface area contributed by atoms with Crippen molar-refractivity contribution in [1.82, 2.24) is 5.32 Å². The molecular formula is C8H15ClF3NO. The first-order valence-electron chi connectivity index (χ1n) is 4.39. The van der Waals surface area contributed by atoms with Crippen LogP contribution in [0.2, 0.25) is 0 Å². The fourth-order valence-corrected chi connectivity index (χ4v) is 1.16. The first kappa shape index (κ1) is 14.0. The number of nitrogens with one attached hydrogen (secondary N) is 1. The molecule has 1 atom stereocenters. The summed E-state index contributed by atoms with van der Waals surface area (Å²) in [7, 11) is 0. The summed E-state index contributed by atoms with van der Waals surface area (Å²) >= 11 is 5.48. The lowest BCUT2D eigenvalue weighted by atomic mass is 10.2. The standard InChI is InChI=1S/C8H15ClF3NO/c1-7(2-3-9)13-4-5-14-6-8(10,11)12/h7,13H,2-6H2,1H3. The number of rotatable bonds is 7. The zero-order valence-corrected chi connectivity index (χ0v) is 8.79. The van der Waals surface area contributed by atoms with Crippen molar-refractivity contribution in [2.24, 2.45) is 0 Å². The van der Waals surface area contributed by atoms with Gasteiger partial charge >= 0.3 is 6.18 Å². The second-order valence-electron chi connectivity index (χ2n) is 3.00. The van der Waals surface area contributed by atoms with Crippen molar-refractivity contribution in [1.29, 1.82) is 0 Å². The van der Waals surface area contributed by atoms with Crippen molar-refractivity contribution in [3.63, 3.8) is 0 Å². The molecule has 0 aliphatic heterocycles. The maximum absolute atomic E-state index is 11.6. The second kappa shape index (κ2) is 7.31. The van der Waals surface area contributed by atoms with E-state index in [2.05, 4.69) is 10.1 Å². The van der Waals surface area contributed by atoms with Gasteiger partial charge in [0.15, 0.2) is 0 Å². The van der Waals surface area contributed by atoms with Gasteiger partial charge in [0, 0.05) is 18.5 Å². The fraction of sp³-hybridized carbons (Fsp3) is 1.00. The summed E-state index contributed by atoms with van der Waals surface area (Å²) < 4.78 is 39.2. The Morgan fingerprint density at radius 1 is 1.43 bits per heavy atom. The van der Waals surface area contributed by atoms with E-state index in [9.17, 15) is 13.2 Å². The lowest BCUT2D eigenvalue weighted by Gasteiger charge is -2.12. The summed E-state index contributed by atoms with van der Waals surface area (Å²) in [6, 6.07) is 0.210. The van der Waals surface area contributed by atoms with Gasteiger partial charge in [0.25, 0.3) is 0 Å². The molecule has 0 radical (unpaired) electrons. The predicted molar refractivity (Wildman–Crippen MR) is 49.7 cm³/mol. The quantitative estimate of drug-likeness (QED) is 0.538. The van der Waals surface area contributed by atoms with Gasteiger partial charge in [-0.25, -0.2) is 0 Å². The molecule has 2 nitrogen and oxygen atoms in total. The van der Waals surface area contributed by atoms with Gasteiger partial charge < -0.3 is 10.1 Å². The van der Waals surface area contributed by atoms with Crippen LogP contribution in [0.1, 0.15) is 13.3 Å². The van der Waals surface area contributed by atoms with Gasteiger partial charge in [-0.2, -0.15) is 13.2 Å². The fourth-order valence-electron chi connectivity index (χ4n) is 0.831. The summed E-state index contributed by atoms with van der Waals surface area (Å²) in [5.41, 5.74) is 0. The van der Waals surface area contributed by atoms with E-state index >= 15 is 0 Å². The zero-order valence-electron chi connectivity index (χ0n) is 8.03. The molecule has 0 aliphatic rings. The molecule has 1 N–H and O–H groups in total. The van der Waals surface area contributed by atoms with Crippen LogP contribution >= 0.6 is 11.6 Å². The average molecular weight is 234 g/mol. The highest BCUT2D eigenvalue weighted by Crippen LogP contribution is 2.13. The van der Waals surface area contributed by atoms with Crippen LogP contribution in [0.15, 0.2) is 0 Å². The molecule has 0 heterocycles. The monoisotopic (exact) mass is 233 g/mol. The molecule has 86 valence electrons. The molecule has 0 spiro atoms. The van der Waals surface area contributed by atoms with Crippen LogP contribution in [0.3, 0.4) is 0 Å². The van der Waals surface area contributed by atoms with E-state index < -0.39 is 12.8 Å². The van der Waals surface area contributed by atoms with E-state index in [1.807, 2.05) is 6.92 Å². The number of ether oxygens (including phenoxy) is 1. The van der Waals surface area contributed by atoms with Gasteiger partial charge in [-0.3, -0.25) is 0 Å². The van der Waals surface area contributed by atoms with E-state index in [0.29, 0.717) is 12.4 Å². The molecule has 0 bridgehead atoms. The minimum atomic E-state index is -4.23. The number of hydrogen-bond donors (Lipinski definition) is 1. The van der Waals surface area contributed by atoms with Gasteiger partial charge in [-0.1, -0.05) is 0 Å². The molecule has 0 saturated heterocycles. The van der Waals surface area contributed by atoms with Crippen LogP contribution in [0.25, 0.3) is 0 Å². The third kappa shape index (κ3) is 10.1. The van der Waals surface area contributed by atoms with Crippen molar-refractivity contribution in [2.75, 3.05) is 25.6 Å². The first-order valence-corrected chi connectivity index (χ1v) is 4.93. The average Bonchev–Trinajstić information content (AvgIpc) is 2.02. The molecular weight excluding hydrogens is 219 g/mol. The molecule has 0 rings (SSSR count). The van der Waals surface area contributed by atoms with Gasteiger partial charge in [-0.15, -0.1) is 11.6 Å². The Balaban J connectivity index is 3.21. The summed E-state index contributed by atoms with van der Waals surface area (Å²) in [6.07, 6.45) is -3.44. The maximum atomic E-state index is 11.6. The van der Waals surface area contributed by atoms with E-state index in [1.165, 1.54) is 0 Å². The van der Waals surface area contributed by atoms with Crippen molar-refractivity contribution in [2.45, 2.75) is 25.6 Å². The van der Waals surface area contributed by atoms with Gasteiger partial charge in [0.05, 0.1) is 6.61 Å². The van der Waals surface area contributed by atoms with Crippen molar-refractivity contribution >= 4 is 11.6 Å². The maximum Gasteiger partial charge on any atom is 0.411 e.